The number of carboxylic acid groups (broad SMARTS) is 1. The van der Waals surface area contributed by atoms with Crippen molar-refractivity contribution < 1.29 is 45.5 Å². The average Bonchev–Trinajstić information content (AvgIpc) is 2.62. The van der Waals surface area contributed by atoms with Gasteiger partial charge in [-0.05, 0) is 11.8 Å². The predicted molar refractivity (Wildman–Crippen MR) is 56.6 cm³/mol. The summed E-state index contributed by atoms with van der Waals surface area (Å²) in [5.74, 6) is -0.986. The van der Waals surface area contributed by atoms with Crippen molar-refractivity contribution in [2.75, 3.05) is 0 Å². The summed E-state index contributed by atoms with van der Waals surface area (Å²) in [6.07, 6.45) is 2.00. The summed E-state index contributed by atoms with van der Waals surface area (Å²) in [5, 5.41) is 9.69. The number of hydrogen-bond acceptors (Lipinski definition) is 2. The molecule has 1 aromatic heterocycles. The molecule has 0 unspecified atom stereocenters. The molecule has 0 saturated carbocycles. The van der Waals surface area contributed by atoms with E-state index in [9.17, 15) is 4.79 Å². The van der Waals surface area contributed by atoms with Crippen LogP contribution in [0.2, 0.25) is 0 Å². The first-order valence-electron chi connectivity index (χ1n) is 4.66. The van der Waals surface area contributed by atoms with Gasteiger partial charge in [0.05, 0.1) is 0 Å². The fourth-order valence-corrected chi connectivity index (χ4v) is 1.56. The standard InChI is InChI=1S/C11H11N2O2.La/c12-9(11(14)15)5-7-6-13-10-4-2-1-3-8(7)10;/h1-4,6,9H,5,12H2,(H,14,15);/q-1;/t9-;/m0./s1. The van der Waals surface area contributed by atoms with E-state index in [1.54, 1.807) is 6.20 Å². The molecule has 0 aliphatic heterocycles. The maximum atomic E-state index is 10.6. The third-order valence-corrected chi connectivity index (χ3v) is 2.37. The molecule has 5 heteroatoms. The molecule has 0 amide bonds. The van der Waals surface area contributed by atoms with E-state index in [1.807, 2.05) is 24.3 Å². The van der Waals surface area contributed by atoms with Crippen LogP contribution >= 0.6 is 0 Å². The first-order chi connectivity index (χ1) is 7.18. The molecule has 81 valence electrons. The quantitative estimate of drug-likeness (QED) is 0.863. The van der Waals surface area contributed by atoms with Gasteiger partial charge in [-0.15, -0.1) is 5.52 Å². The van der Waals surface area contributed by atoms with Gasteiger partial charge >= 0.3 is 5.97 Å². The minimum atomic E-state index is -0.986. The van der Waals surface area contributed by atoms with Gasteiger partial charge in [0.15, 0.2) is 0 Å². The summed E-state index contributed by atoms with van der Waals surface area (Å²) in [6.45, 7) is 0. The smallest absolute Gasteiger partial charge is 0.320 e. The Kier molecular flexibility index (Phi) is 4.74. The number of benzene rings is 1. The molecule has 2 rings (SSSR count). The first kappa shape index (κ1) is 13.4. The summed E-state index contributed by atoms with van der Waals surface area (Å²) < 4.78 is 0. The molecule has 1 atom stereocenters. The zero-order chi connectivity index (χ0) is 10.8. The van der Waals surface area contributed by atoms with Crippen molar-refractivity contribution in [3.8, 4) is 0 Å². The van der Waals surface area contributed by atoms with Gasteiger partial charge in [0.2, 0.25) is 0 Å². The summed E-state index contributed by atoms with van der Waals surface area (Å²) in [7, 11) is 0. The molecule has 1 heterocycles. The maximum absolute atomic E-state index is 10.6. The zero-order valence-electron chi connectivity index (χ0n) is 8.63. The van der Waals surface area contributed by atoms with Crippen LogP contribution in [0.4, 0.5) is 0 Å². The zero-order valence-corrected chi connectivity index (χ0v) is 12.3. The summed E-state index contributed by atoms with van der Waals surface area (Å²) in [5.41, 5.74) is 7.24. The molecule has 0 saturated heterocycles. The number of nitrogens with zero attached hydrogens (tertiary/aromatic N) is 1. The van der Waals surface area contributed by atoms with E-state index < -0.39 is 12.0 Å². The number of nitrogens with two attached hydrogens (primary N) is 1. The minimum Gasteiger partial charge on any atom is -0.663 e. The van der Waals surface area contributed by atoms with Crippen molar-refractivity contribution in [1.82, 2.24) is 4.98 Å². The molecule has 0 aliphatic rings. The molecule has 0 aliphatic carbocycles. The normalized spacial score (nSPS) is 12.1. The van der Waals surface area contributed by atoms with Crippen molar-refractivity contribution in [2.24, 2.45) is 5.73 Å². The Labute approximate surface area is 121 Å². The van der Waals surface area contributed by atoms with Gasteiger partial charge in [-0.3, -0.25) is 4.79 Å². The average molecular weight is 342 g/mol. The summed E-state index contributed by atoms with van der Waals surface area (Å²) in [6, 6.07) is 6.76. The molecule has 1 radical (unpaired) electrons. The number of carbonyl (C=O) groups is 1. The molecule has 0 spiro atoms. The van der Waals surface area contributed by atoms with Crippen LogP contribution in [0.15, 0.2) is 30.5 Å². The fraction of sp³-hybridized carbons (Fsp3) is 0.182. The molecule has 3 N–H and O–H groups in total. The second-order valence-corrected chi connectivity index (χ2v) is 3.45. The van der Waals surface area contributed by atoms with Crippen LogP contribution in [0.1, 0.15) is 5.56 Å². The Morgan fingerprint density at radius 3 is 2.81 bits per heavy atom. The molecular formula is C11H11LaN2O2-. The third-order valence-electron chi connectivity index (χ3n) is 2.37. The van der Waals surface area contributed by atoms with Crippen molar-refractivity contribution in [3.05, 3.63) is 36.0 Å². The van der Waals surface area contributed by atoms with E-state index in [2.05, 4.69) is 4.98 Å². The van der Waals surface area contributed by atoms with Crippen LogP contribution in [0.5, 0.6) is 0 Å². The van der Waals surface area contributed by atoms with Crippen molar-refractivity contribution in [3.63, 3.8) is 0 Å². The van der Waals surface area contributed by atoms with Gasteiger partial charge < -0.3 is 15.8 Å². The Morgan fingerprint density at radius 1 is 1.44 bits per heavy atom. The fourth-order valence-electron chi connectivity index (χ4n) is 1.56. The maximum Gasteiger partial charge on any atom is 0.320 e. The molecule has 0 fully saturated rings. The van der Waals surface area contributed by atoms with Crippen molar-refractivity contribution >= 4 is 16.9 Å². The molecule has 16 heavy (non-hydrogen) atoms. The molecule has 4 nitrogen and oxygen atoms in total. The van der Waals surface area contributed by atoms with Crippen LogP contribution < -0.4 is 10.7 Å². The first-order valence-corrected chi connectivity index (χ1v) is 4.66. The van der Waals surface area contributed by atoms with Gasteiger partial charge in [-0.1, -0.05) is 29.8 Å². The van der Waals surface area contributed by atoms with E-state index in [-0.39, 0.29) is 35.6 Å². The second-order valence-electron chi connectivity index (χ2n) is 3.45. The van der Waals surface area contributed by atoms with Gasteiger partial charge in [0.25, 0.3) is 0 Å². The number of rotatable bonds is 3. The van der Waals surface area contributed by atoms with Gasteiger partial charge in [-0.2, -0.15) is 6.20 Å². The molecule has 2 aromatic rings. The van der Waals surface area contributed by atoms with Gasteiger partial charge in [0.1, 0.15) is 6.04 Å². The van der Waals surface area contributed by atoms with Crippen molar-refractivity contribution in [2.45, 2.75) is 12.5 Å². The predicted octanol–water partition coefficient (Wildman–Crippen LogP) is 0.751. The number of hydrogen-bond donors (Lipinski definition) is 2. The van der Waals surface area contributed by atoms with Crippen molar-refractivity contribution in [1.29, 1.82) is 0 Å². The summed E-state index contributed by atoms with van der Waals surface area (Å²) >= 11 is 0. The third kappa shape index (κ3) is 2.74. The van der Waals surface area contributed by atoms with E-state index in [4.69, 9.17) is 10.8 Å². The Morgan fingerprint density at radius 2 is 2.12 bits per heavy atom. The summed E-state index contributed by atoms with van der Waals surface area (Å²) in [4.78, 5) is 14.8. The number of aromatic nitrogens is 1. The Balaban J connectivity index is 0.00000128. The molecular weight excluding hydrogens is 331 g/mol. The van der Waals surface area contributed by atoms with E-state index >= 15 is 0 Å². The second kappa shape index (κ2) is 5.64. The number of para-hydroxylation sites is 1. The Bertz CT molecular complexity index is 495. The number of fused-ring (bicyclic) bond motifs is 1. The van der Waals surface area contributed by atoms with Crippen LogP contribution in [0.25, 0.3) is 10.9 Å². The van der Waals surface area contributed by atoms with Crippen LogP contribution in [0, 0.1) is 35.6 Å². The number of carboxylic acids is 1. The van der Waals surface area contributed by atoms with Crippen LogP contribution in [0.3, 0.4) is 0 Å². The largest absolute Gasteiger partial charge is 0.663 e. The monoisotopic (exact) mass is 342 g/mol. The number of aliphatic carboxylic acids is 1. The SMILES string of the molecule is N[C@@H](Cc1c[n-]c2ccccc12)C(=O)O.[La]. The van der Waals surface area contributed by atoms with Gasteiger partial charge in [-0.25, -0.2) is 0 Å². The Hall–Kier alpha value is -0.615. The topological polar surface area (TPSA) is 77.4 Å². The minimum absolute atomic E-state index is 0. The molecule has 0 bridgehead atoms. The van der Waals surface area contributed by atoms with E-state index in [1.165, 1.54) is 0 Å². The van der Waals surface area contributed by atoms with E-state index in [0.29, 0.717) is 6.42 Å². The van der Waals surface area contributed by atoms with Crippen LogP contribution in [-0.2, 0) is 11.2 Å². The van der Waals surface area contributed by atoms with Gasteiger partial charge in [0, 0.05) is 35.6 Å². The molecule has 1 aromatic carbocycles. The van der Waals surface area contributed by atoms with E-state index in [0.717, 1.165) is 16.5 Å². The van der Waals surface area contributed by atoms with Crippen LogP contribution in [-0.4, -0.2) is 17.1 Å².